The third-order valence-electron chi connectivity index (χ3n) is 4.90. The molecule has 3 aromatic carbocycles. The van der Waals surface area contributed by atoms with Gasteiger partial charge >= 0.3 is 0 Å². The summed E-state index contributed by atoms with van der Waals surface area (Å²) >= 11 is 3.41. The first-order valence-corrected chi connectivity index (χ1v) is 12.1. The van der Waals surface area contributed by atoms with Crippen LogP contribution in [0.1, 0.15) is 22.3 Å². The number of anilines is 1. The average molecular weight is 501 g/mol. The Morgan fingerprint density at radius 3 is 2.13 bits per heavy atom. The van der Waals surface area contributed by atoms with E-state index in [0.717, 1.165) is 15.6 Å². The average Bonchev–Trinajstić information content (AvgIpc) is 2.68. The lowest BCUT2D eigenvalue weighted by molar-refractivity contribution is -0.117. The summed E-state index contributed by atoms with van der Waals surface area (Å²) in [5.41, 5.74) is 3.72. The van der Waals surface area contributed by atoms with E-state index in [4.69, 9.17) is 0 Å². The molecule has 0 aliphatic carbocycles. The summed E-state index contributed by atoms with van der Waals surface area (Å²) in [5, 5.41) is 2.83. The fourth-order valence-corrected chi connectivity index (χ4v) is 5.69. The van der Waals surface area contributed by atoms with E-state index in [1.54, 1.807) is 26.0 Å². The van der Waals surface area contributed by atoms with Crippen LogP contribution in [-0.4, -0.2) is 20.4 Å². The number of rotatable bonds is 7. The highest BCUT2D eigenvalue weighted by atomic mass is 79.9. The standard InChI is InChI=1S/C24H25BrN2O3S/c1-16-13-17(2)23(18(3)14-16)31(29,30)27-22(15-19-9-5-4-6-10-19)24(28)26-21-12-8-7-11-20(21)25/h4-14,22,27H,15H2,1-3H3,(H,26,28)/t22-/m1/s1. The van der Waals surface area contributed by atoms with Gasteiger partial charge in [-0.3, -0.25) is 4.79 Å². The summed E-state index contributed by atoms with van der Waals surface area (Å²) in [4.78, 5) is 13.4. The van der Waals surface area contributed by atoms with Crippen molar-refractivity contribution in [2.45, 2.75) is 38.1 Å². The van der Waals surface area contributed by atoms with Crippen molar-refractivity contribution >= 4 is 37.5 Å². The molecule has 5 nitrogen and oxygen atoms in total. The lowest BCUT2D eigenvalue weighted by atomic mass is 10.1. The first-order valence-electron chi connectivity index (χ1n) is 9.87. The SMILES string of the molecule is Cc1cc(C)c(S(=O)(=O)N[C@H](Cc2ccccc2)C(=O)Nc2ccccc2Br)c(C)c1. The number of nitrogens with one attached hydrogen (secondary N) is 2. The van der Waals surface area contributed by atoms with E-state index in [1.807, 2.05) is 61.5 Å². The molecule has 0 aromatic heterocycles. The number of para-hydroxylation sites is 1. The van der Waals surface area contributed by atoms with Crippen LogP contribution in [-0.2, 0) is 21.2 Å². The molecule has 0 spiro atoms. The zero-order chi connectivity index (χ0) is 22.6. The van der Waals surface area contributed by atoms with Gasteiger partial charge in [-0.2, -0.15) is 4.72 Å². The Labute approximate surface area is 192 Å². The number of aryl methyl sites for hydroxylation is 3. The van der Waals surface area contributed by atoms with Gasteiger partial charge in [-0.25, -0.2) is 8.42 Å². The molecular weight excluding hydrogens is 476 g/mol. The topological polar surface area (TPSA) is 75.3 Å². The van der Waals surface area contributed by atoms with Gasteiger partial charge in [0.1, 0.15) is 6.04 Å². The molecule has 31 heavy (non-hydrogen) atoms. The summed E-state index contributed by atoms with van der Waals surface area (Å²) in [6.45, 7) is 5.46. The van der Waals surface area contributed by atoms with Crippen LogP contribution in [0.5, 0.6) is 0 Å². The van der Waals surface area contributed by atoms with E-state index >= 15 is 0 Å². The number of amides is 1. The molecule has 3 rings (SSSR count). The molecule has 3 aromatic rings. The van der Waals surface area contributed by atoms with Crippen molar-refractivity contribution in [3.05, 3.63) is 93.5 Å². The van der Waals surface area contributed by atoms with Gasteiger partial charge in [0.15, 0.2) is 0 Å². The Balaban J connectivity index is 1.94. The Morgan fingerprint density at radius 2 is 1.52 bits per heavy atom. The molecular formula is C24H25BrN2O3S. The van der Waals surface area contributed by atoms with Crippen LogP contribution >= 0.6 is 15.9 Å². The highest BCUT2D eigenvalue weighted by molar-refractivity contribution is 9.10. The fourth-order valence-electron chi connectivity index (χ4n) is 3.66. The van der Waals surface area contributed by atoms with E-state index in [-0.39, 0.29) is 11.3 Å². The van der Waals surface area contributed by atoms with E-state index < -0.39 is 22.0 Å². The molecule has 2 N–H and O–H groups in total. The molecule has 0 heterocycles. The van der Waals surface area contributed by atoms with Gasteiger partial charge in [0.25, 0.3) is 0 Å². The van der Waals surface area contributed by atoms with Crippen LogP contribution < -0.4 is 10.0 Å². The monoisotopic (exact) mass is 500 g/mol. The quantitative estimate of drug-likeness (QED) is 0.484. The Hall–Kier alpha value is -2.48. The molecule has 0 aliphatic heterocycles. The smallest absolute Gasteiger partial charge is 0.242 e. The molecule has 162 valence electrons. The first-order chi connectivity index (χ1) is 14.7. The van der Waals surface area contributed by atoms with Gasteiger partial charge in [-0.1, -0.05) is 60.2 Å². The Bertz CT molecular complexity index is 1170. The third-order valence-corrected chi connectivity index (χ3v) is 7.37. The van der Waals surface area contributed by atoms with E-state index in [2.05, 4.69) is 26.0 Å². The van der Waals surface area contributed by atoms with Crippen molar-refractivity contribution < 1.29 is 13.2 Å². The molecule has 0 fully saturated rings. The van der Waals surface area contributed by atoms with Gasteiger partial charge in [0, 0.05) is 4.47 Å². The minimum Gasteiger partial charge on any atom is -0.324 e. The van der Waals surface area contributed by atoms with Crippen LogP contribution in [0.15, 0.2) is 76.1 Å². The molecule has 0 aliphatic rings. The summed E-state index contributed by atoms with van der Waals surface area (Å²) in [7, 11) is -3.93. The van der Waals surface area contributed by atoms with Crippen molar-refractivity contribution in [2.24, 2.45) is 0 Å². The maximum Gasteiger partial charge on any atom is 0.242 e. The van der Waals surface area contributed by atoms with E-state index in [0.29, 0.717) is 16.8 Å². The number of hydrogen-bond donors (Lipinski definition) is 2. The molecule has 0 radical (unpaired) electrons. The van der Waals surface area contributed by atoms with Crippen LogP contribution in [0.25, 0.3) is 0 Å². The number of halogens is 1. The van der Waals surface area contributed by atoms with Gasteiger partial charge < -0.3 is 5.32 Å². The molecule has 0 unspecified atom stereocenters. The maximum atomic E-state index is 13.3. The normalized spacial score (nSPS) is 12.4. The van der Waals surface area contributed by atoms with Crippen LogP contribution in [0, 0.1) is 20.8 Å². The van der Waals surface area contributed by atoms with Gasteiger partial charge in [0.05, 0.1) is 10.6 Å². The highest BCUT2D eigenvalue weighted by Crippen LogP contribution is 2.24. The van der Waals surface area contributed by atoms with Gasteiger partial charge in [-0.15, -0.1) is 0 Å². The number of sulfonamides is 1. The van der Waals surface area contributed by atoms with Crippen molar-refractivity contribution in [3.8, 4) is 0 Å². The predicted octanol–water partition coefficient (Wildman–Crippen LogP) is 4.90. The van der Waals surface area contributed by atoms with Gasteiger partial charge in [0.2, 0.25) is 15.9 Å². The van der Waals surface area contributed by atoms with Crippen LogP contribution in [0.4, 0.5) is 5.69 Å². The Morgan fingerprint density at radius 1 is 0.935 bits per heavy atom. The molecule has 0 bridgehead atoms. The molecule has 1 amide bonds. The minimum atomic E-state index is -3.93. The second-order valence-corrected chi connectivity index (χ2v) is 10.1. The van der Waals surface area contributed by atoms with Crippen molar-refractivity contribution in [2.75, 3.05) is 5.32 Å². The number of carbonyl (C=O) groups is 1. The molecule has 1 atom stereocenters. The summed E-state index contributed by atoms with van der Waals surface area (Å²) in [6.07, 6.45) is 0.223. The fraction of sp³-hybridized carbons (Fsp3) is 0.208. The van der Waals surface area contributed by atoms with Gasteiger partial charge in [-0.05, 0) is 71.9 Å². The number of benzene rings is 3. The zero-order valence-corrected chi connectivity index (χ0v) is 20.0. The molecule has 0 saturated carbocycles. The van der Waals surface area contributed by atoms with Crippen LogP contribution in [0.3, 0.4) is 0 Å². The largest absolute Gasteiger partial charge is 0.324 e. The lowest BCUT2D eigenvalue weighted by Gasteiger charge is -2.21. The lowest BCUT2D eigenvalue weighted by Crippen LogP contribution is -2.45. The summed E-state index contributed by atoms with van der Waals surface area (Å²) in [5.74, 6) is -0.429. The van der Waals surface area contributed by atoms with Crippen molar-refractivity contribution in [1.29, 1.82) is 0 Å². The number of hydrogen-bond acceptors (Lipinski definition) is 3. The number of carbonyl (C=O) groups excluding carboxylic acids is 1. The highest BCUT2D eigenvalue weighted by Gasteiger charge is 2.28. The van der Waals surface area contributed by atoms with Crippen LogP contribution in [0.2, 0.25) is 0 Å². The second-order valence-electron chi connectivity index (χ2n) is 7.56. The predicted molar refractivity (Wildman–Crippen MR) is 128 cm³/mol. The third kappa shape index (κ3) is 5.81. The molecule has 0 saturated heterocycles. The Kier molecular flexibility index (Phi) is 7.30. The van der Waals surface area contributed by atoms with E-state index in [1.165, 1.54) is 0 Å². The molecule has 7 heteroatoms. The summed E-state index contributed by atoms with van der Waals surface area (Å²) in [6, 6.07) is 19.2. The van der Waals surface area contributed by atoms with E-state index in [9.17, 15) is 13.2 Å². The summed E-state index contributed by atoms with van der Waals surface area (Å²) < 4.78 is 30.0. The minimum absolute atomic E-state index is 0.213. The maximum absolute atomic E-state index is 13.3. The second kappa shape index (κ2) is 9.77. The van der Waals surface area contributed by atoms with Crippen molar-refractivity contribution in [1.82, 2.24) is 4.72 Å². The first kappa shape index (κ1) is 23.2. The zero-order valence-electron chi connectivity index (χ0n) is 17.6. The van der Waals surface area contributed by atoms with Crippen molar-refractivity contribution in [3.63, 3.8) is 0 Å².